The average molecular weight is 195 g/mol. The Morgan fingerprint density at radius 3 is 3.00 bits per heavy atom. The molecule has 1 saturated heterocycles. The van der Waals surface area contributed by atoms with Crippen molar-refractivity contribution in [3.8, 4) is 6.07 Å². The van der Waals surface area contributed by atoms with Gasteiger partial charge in [-0.3, -0.25) is 4.79 Å². The summed E-state index contributed by atoms with van der Waals surface area (Å²) in [4.78, 5) is 13.6. The van der Waals surface area contributed by atoms with Crippen LogP contribution in [0.1, 0.15) is 19.8 Å². The molecule has 1 fully saturated rings. The van der Waals surface area contributed by atoms with E-state index in [1.165, 1.54) is 0 Å². The summed E-state index contributed by atoms with van der Waals surface area (Å²) < 4.78 is 0. The maximum Gasteiger partial charge on any atom is 0.227 e. The van der Waals surface area contributed by atoms with Gasteiger partial charge in [-0.1, -0.05) is 0 Å². The van der Waals surface area contributed by atoms with Crippen molar-refractivity contribution in [1.29, 1.82) is 5.26 Å². The lowest BCUT2D eigenvalue weighted by Gasteiger charge is -2.22. The Hall–Kier alpha value is -1.08. The van der Waals surface area contributed by atoms with Crippen molar-refractivity contribution < 1.29 is 4.79 Å². The molecule has 0 aromatic rings. The average Bonchev–Trinajstić information content (AvgIpc) is 2.71. The summed E-state index contributed by atoms with van der Waals surface area (Å²) in [5, 5.41) is 11.6. The minimum atomic E-state index is 0.133. The van der Waals surface area contributed by atoms with Crippen molar-refractivity contribution in [3.05, 3.63) is 0 Å². The Balaban J connectivity index is 2.42. The standard InChI is InChI=1S/C10H17N3O/c1-2-13(7-3-5-11)10(14)9-4-6-12-8-9/h9,12H,2-4,6-8H2,1H3. The van der Waals surface area contributed by atoms with Crippen LogP contribution in [-0.2, 0) is 4.79 Å². The van der Waals surface area contributed by atoms with E-state index in [4.69, 9.17) is 5.26 Å². The molecule has 1 rings (SSSR count). The molecule has 0 spiro atoms. The number of carbonyl (C=O) groups excluding carboxylic acids is 1. The molecule has 4 nitrogen and oxygen atoms in total. The van der Waals surface area contributed by atoms with Crippen molar-refractivity contribution in [3.63, 3.8) is 0 Å². The van der Waals surface area contributed by atoms with Gasteiger partial charge in [-0.15, -0.1) is 0 Å². The van der Waals surface area contributed by atoms with Gasteiger partial charge >= 0.3 is 0 Å². The topological polar surface area (TPSA) is 56.1 Å². The Morgan fingerprint density at radius 1 is 1.71 bits per heavy atom. The maximum absolute atomic E-state index is 11.9. The van der Waals surface area contributed by atoms with Crippen molar-refractivity contribution in [2.24, 2.45) is 5.92 Å². The fourth-order valence-corrected chi connectivity index (χ4v) is 1.73. The number of amides is 1. The van der Waals surface area contributed by atoms with Crippen LogP contribution >= 0.6 is 0 Å². The summed E-state index contributed by atoms with van der Waals surface area (Å²) in [6.45, 7) is 4.96. The van der Waals surface area contributed by atoms with Crippen LogP contribution in [0.3, 0.4) is 0 Å². The molecule has 0 saturated carbocycles. The molecule has 1 atom stereocenters. The predicted molar refractivity (Wildman–Crippen MR) is 53.5 cm³/mol. The van der Waals surface area contributed by atoms with Crippen LogP contribution in [0, 0.1) is 17.2 Å². The monoisotopic (exact) mass is 195 g/mol. The molecule has 1 unspecified atom stereocenters. The number of rotatable bonds is 4. The minimum Gasteiger partial charge on any atom is -0.342 e. The Bertz CT molecular complexity index is 228. The minimum absolute atomic E-state index is 0.133. The lowest BCUT2D eigenvalue weighted by molar-refractivity contribution is -0.134. The fraction of sp³-hybridized carbons (Fsp3) is 0.800. The highest BCUT2D eigenvalue weighted by atomic mass is 16.2. The Kier molecular flexibility index (Phi) is 4.41. The van der Waals surface area contributed by atoms with Crippen LogP contribution in [0.15, 0.2) is 0 Å². The molecule has 78 valence electrons. The van der Waals surface area contributed by atoms with E-state index in [1.54, 1.807) is 4.90 Å². The highest BCUT2D eigenvalue weighted by Crippen LogP contribution is 2.11. The summed E-state index contributed by atoms with van der Waals surface area (Å²) in [5.74, 6) is 0.335. The van der Waals surface area contributed by atoms with E-state index < -0.39 is 0 Å². The number of nitriles is 1. The van der Waals surface area contributed by atoms with Crippen LogP contribution < -0.4 is 5.32 Å². The highest BCUT2D eigenvalue weighted by Gasteiger charge is 2.25. The highest BCUT2D eigenvalue weighted by molar-refractivity contribution is 5.79. The molecule has 0 radical (unpaired) electrons. The fourth-order valence-electron chi connectivity index (χ4n) is 1.73. The van der Waals surface area contributed by atoms with E-state index in [2.05, 4.69) is 11.4 Å². The van der Waals surface area contributed by atoms with E-state index >= 15 is 0 Å². The quantitative estimate of drug-likeness (QED) is 0.704. The molecule has 0 aromatic carbocycles. The first kappa shape index (κ1) is 11.0. The third kappa shape index (κ3) is 2.71. The molecule has 14 heavy (non-hydrogen) atoms. The largest absolute Gasteiger partial charge is 0.342 e. The zero-order chi connectivity index (χ0) is 10.4. The lowest BCUT2D eigenvalue weighted by atomic mass is 10.1. The molecule has 1 heterocycles. The maximum atomic E-state index is 11.9. The number of nitrogens with one attached hydrogen (secondary N) is 1. The number of hydrogen-bond donors (Lipinski definition) is 1. The second-order valence-corrected chi connectivity index (χ2v) is 3.52. The Morgan fingerprint density at radius 2 is 2.50 bits per heavy atom. The third-order valence-corrected chi connectivity index (χ3v) is 2.60. The molecule has 1 aliphatic rings. The smallest absolute Gasteiger partial charge is 0.227 e. The predicted octanol–water partition coefficient (Wildman–Crippen LogP) is 0.358. The molecule has 1 N–H and O–H groups in total. The van der Waals surface area contributed by atoms with Crippen LogP contribution in [0.25, 0.3) is 0 Å². The molecule has 4 heteroatoms. The Labute approximate surface area is 84.9 Å². The summed E-state index contributed by atoms with van der Waals surface area (Å²) in [6, 6.07) is 2.07. The zero-order valence-corrected chi connectivity index (χ0v) is 8.62. The van der Waals surface area contributed by atoms with Crippen molar-refractivity contribution in [1.82, 2.24) is 10.2 Å². The number of carbonyl (C=O) groups is 1. The molecule has 1 amide bonds. The molecular weight excluding hydrogens is 178 g/mol. The first-order chi connectivity index (χ1) is 6.79. The van der Waals surface area contributed by atoms with Gasteiger partial charge in [0.1, 0.15) is 0 Å². The van der Waals surface area contributed by atoms with Gasteiger partial charge in [0.2, 0.25) is 5.91 Å². The van der Waals surface area contributed by atoms with Gasteiger partial charge in [-0.2, -0.15) is 5.26 Å². The molecular formula is C10H17N3O. The second kappa shape index (κ2) is 5.61. The molecule has 0 aliphatic carbocycles. The van der Waals surface area contributed by atoms with Crippen LogP contribution in [-0.4, -0.2) is 37.0 Å². The summed E-state index contributed by atoms with van der Waals surface area (Å²) in [6.07, 6.45) is 1.36. The first-order valence-corrected chi connectivity index (χ1v) is 5.16. The van der Waals surface area contributed by atoms with Gasteiger partial charge in [0, 0.05) is 19.6 Å². The van der Waals surface area contributed by atoms with Gasteiger partial charge in [-0.05, 0) is 19.9 Å². The van der Waals surface area contributed by atoms with Gasteiger partial charge in [-0.25, -0.2) is 0 Å². The van der Waals surface area contributed by atoms with Crippen molar-refractivity contribution in [2.45, 2.75) is 19.8 Å². The first-order valence-electron chi connectivity index (χ1n) is 5.16. The van der Waals surface area contributed by atoms with Crippen LogP contribution in [0.4, 0.5) is 0 Å². The number of nitrogens with zero attached hydrogens (tertiary/aromatic N) is 2. The lowest BCUT2D eigenvalue weighted by Crippen LogP contribution is -2.37. The third-order valence-electron chi connectivity index (χ3n) is 2.60. The summed E-state index contributed by atoms with van der Waals surface area (Å²) in [5.41, 5.74) is 0. The summed E-state index contributed by atoms with van der Waals surface area (Å²) >= 11 is 0. The van der Waals surface area contributed by atoms with E-state index in [0.29, 0.717) is 19.5 Å². The van der Waals surface area contributed by atoms with E-state index in [1.807, 2.05) is 6.92 Å². The van der Waals surface area contributed by atoms with E-state index in [0.717, 1.165) is 19.5 Å². The SMILES string of the molecule is CCN(CCC#N)C(=O)C1CCNC1. The zero-order valence-electron chi connectivity index (χ0n) is 8.62. The number of hydrogen-bond acceptors (Lipinski definition) is 3. The normalized spacial score (nSPS) is 20.4. The van der Waals surface area contributed by atoms with E-state index in [-0.39, 0.29) is 11.8 Å². The van der Waals surface area contributed by atoms with Gasteiger partial charge in [0.05, 0.1) is 18.4 Å². The summed E-state index contributed by atoms with van der Waals surface area (Å²) in [7, 11) is 0. The molecule has 0 aromatic heterocycles. The second-order valence-electron chi connectivity index (χ2n) is 3.52. The molecule has 1 aliphatic heterocycles. The van der Waals surface area contributed by atoms with Crippen molar-refractivity contribution in [2.75, 3.05) is 26.2 Å². The molecule has 0 bridgehead atoms. The van der Waals surface area contributed by atoms with Crippen LogP contribution in [0.5, 0.6) is 0 Å². The van der Waals surface area contributed by atoms with Gasteiger partial charge in [0.25, 0.3) is 0 Å². The van der Waals surface area contributed by atoms with Crippen LogP contribution in [0.2, 0.25) is 0 Å². The van der Waals surface area contributed by atoms with Crippen molar-refractivity contribution >= 4 is 5.91 Å². The van der Waals surface area contributed by atoms with Gasteiger partial charge < -0.3 is 10.2 Å². The van der Waals surface area contributed by atoms with E-state index in [9.17, 15) is 4.79 Å². The van der Waals surface area contributed by atoms with Gasteiger partial charge in [0.15, 0.2) is 0 Å².